The fraction of sp³-hybridized carbons (Fsp3) is 0.444. The molecule has 1 aliphatic rings. The lowest BCUT2D eigenvalue weighted by Gasteiger charge is -2.05. The average molecular weight is 192 g/mol. The Bertz CT molecular complexity index is 352. The van der Waals surface area contributed by atoms with Gasteiger partial charge in [0, 0.05) is 12.5 Å². The quantitative estimate of drug-likeness (QED) is 0.676. The van der Waals surface area contributed by atoms with E-state index in [-0.39, 0.29) is 11.8 Å². The van der Waals surface area contributed by atoms with Gasteiger partial charge in [-0.15, -0.1) is 5.10 Å². The Labute approximate surface area is 81.7 Å². The lowest BCUT2D eigenvalue weighted by atomic mass is 9.99. The zero-order chi connectivity index (χ0) is 9.97. The molecule has 0 aromatic carbocycles. The average Bonchev–Trinajstić information content (AvgIpc) is 2.52. The van der Waals surface area contributed by atoms with Crippen molar-refractivity contribution in [1.82, 2.24) is 15.5 Å². The van der Waals surface area contributed by atoms with Crippen LogP contribution in [0.2, 0.25) is 0 Å². The molecule has 5 heteroatoms. The number of hydrogen-bond acceptors (Lipinski definition) is 4. The zero-order valence-electron chi connectivity index (χ0n) is 7.73. The zero-order valence-corrected chi connectivity index (χ0v) is 7.73. The summed E-state index contributed by atoms with van der Waals surface area (Å²) in [6.07, 6.45) is 3.24. The summed E-state index contributed by atoms with van der Waals surface area (Å²) in [6.45, 7) is 0.775. The van der Waals surface area contributed by atoms with E-state index in [1.165, 1.54) is 0 Å². The van der Waals surface area contributed by atoms with Gasteiger partial charge in [0.25, 0.3) is 0 Å². The number of nitrogen functional groups attached to an aromatic ring is 1. The highest BCUT2D eigenvalue weighted by atomic mass is 16.2. The standard InChI is InChI=1S/C9H12N4O/c10-8-4-6(5-12-13-8)3-7-1-2-11-9(7)14/h4-5,7H,1-3H2,(H2,10,13)(H,11,14). The number of hydrogen-bond donors (Lipinski definition) is 2. The van der Waals surface area contributed by atoms with E-state index >= 15 is 0 Å². The first-order valence-electron chi connectivity index (χ1n) is 4.60. The molecule has 0 radical (unpaired) electrons. The molecule has 0 aliphatic carbocycles. The molecule has 1 aliphatic heterocycles. The van der Waals surface area contributed by atoms with Crippen LogP contribution in [-0.4, -0.2) is 22.6 Å². The largest absolute Gasteiger partial charge is 0.382 e. The molecule has 0 bridgehead atoms. The minimum Gasteiger partial charge on any atom is -0.382 e. The lowest BCUT2D eigenvalue weighted by Crippen LogP contribution is -2.20. The Morgan fingerprint density at radius 3 is 3.14 bits per heavy atom. The summed E-state index contributed by atoms with van der Waals surface area (Å²) in [4.78, 5) is 11.3. The molecule has 1 amide bonds. The van der Waals surface area contributed by atoms with Crippen molar-refractivity contribution in [2.24, 2.45) is 5.92 Å². The van der Waals surface area contributed by atoms with Crippen molar-refractivity contribution >= 4 is 11.7 Å². The maximum absolute atomic E-state index is 11.3. The van der Waals surface area contributed by atoms with Gasteiger partial charge in [-0.25, -0.2) is 0 Å². The van der Waals surface area contributed by atoms with Gasteiger partial charge in [-0.2, -0.15) is 5.10 Å². The Morgan fingerprint density at radius 1 is 1.64 bits per heavy atom. The summed E-state index contributed by atoms with van der Waals surface area (Å²) in [7, 11) is 0. The topological polar surface area (TPSA) is 80.9 Å². The van der Waals surface area contributed by atoms with E-state index in [0.29, 0.717) is 12.2 Å². The normalized spacial score (nSPS) is 20.9. The van der Waals surface area contributed by atoms with E-state index in [1.54, 1.807) is 12.3 Å². The van der Waals surface area contributed by atoms with Crippen LogP contribution < -0.4 is 11.1 Å². The fourth-order valence-electron chi connectivity index (χ4n) is 1.66. The molecule has 3 N–H and O–H groups in total. The highest BCUT2D eigenvalue weighted by molar-refractivity contribution is 5.80. The van der Waals surface area contributed by atoms with E-state index in [9.17, 15) is 4.79 Å². The van der Waals surface area contributed by atoms with Crippen LogP contribution in [0.4, 0.5) is 5.82 Å². The SMILES string of the molecule is Nc1cc(CC2CCNC2=O)cnn1. The first kappa shape index (κ1) is 8.93. The maximum atomic E-state index is 11.3. The van der Waals surface area contributed by atoms with Gasteiger partial charge < -0.3 is 11.1 Å². The molecule has 1 aromatic heterocycles. The molecule has 74 valence electrons. The predicted octanol–water partition coefficient (Wildman–Crippen LogP) is -0.263. The van der Waals surface area contributed by atoms with E-state index < -0.39 is 0 Å². The Morgan fingerprint density at radius 2 is 2.50 bits per heavy atom. The molecule has 0 saturated carbocycles. The highest BCUT2D eigenvalue weighted by Crippen LogP contribution is 2.16. The van der Waals surface area contributed by atoms with Crippen molar-refractivity contribution in [2.45, 2.75) is 12.8 Å². The lowest BCUT2D eigenvalue weighted by molar-refractivity contribution is -0.122. The second-order valence-corrected chi connectivity index (χ2v) is 3.47. The molecule has 1 saturated heterocycles. The molecule has 5 nitrogen and oxygen atoms in total. The van der Waals surface area contributed by atoms with Gasteiger partial charge >= 0.3 is 0 Å². The third kappa shape index (κ3) is 1.81. The van der Waals surface area contributed by atoms with Gasteiger partial charge in [-0.05, 0) is 24.5 Å². The van der Waals surface area contributed by atoms with Crippen LogP contribution in [0.25, 0.3) is 0 Å². The number of carbonyl (C=O) groups is 1. The maximum Gasteiger partial charge on any atom is 0.223 e. The summed E-state index contributed by atoms with van der Waals surface area (Å²) in [5.41, 5.74) is 6.47. The first-order chi connectivity index (χ1) is 6.75. The van der Waals surface area contributed by atoms with Gasteiger partial charge in [0.1, 0.15) is 5.82 Å². The Kier molecular flexibility index (Phi) is 2.30. The van der Waals surface area contributed by atoms with Crippen LogP contribution in [0.3, 0.4) is 0 Å². The summed E-state index contributed by atoms with van der Waals surface area (Å²) < 4.78 is 0. The van der Waals surface area contributed by atoms with Crippen molar-refractivity contribution in [3.05, 3.63) is 17.8 Å². The Hall–Kier alpha value is -1.65. The molecule has 2 rings (SSSR count). The second kappa shape index (κ2) is 3.61. The number of nitrogens with one attached hydrogen (secondary N) is 1. The van der Waals surface area contributed by atoms with Crippen LogP contribution in [0.15, 0.2) is 12.3 Å². The number of nitrogens with zero attached hydrogens (tertiary/aromatic N) is 2. The van der Waals surface area contributed by atoms with Crippen molar-refractivity contribution < 1.29 is 4.79 Å². The summed E-state index contributed by atoms with van der Waals surface area (Å²) in [6, 6.07) is 1.76. The number of rotatable bonds is 2. The van der Waals surface area contributed by atoms with Crippen LogP contribution in [0.1, 0.15) is 12.0 Å². The third-order valence-corrected chi connectivity index (χ3v) is 2.37. The van der Waals surface area contributed by atoms with Crippen molar-refractivity contribution in [3.8, 4) is 0 Å². The Balaban J connectivity index is 2.07. The van der Waals surface area contributed by atoms with Crippen LogP contribution in [0.5, 0.6) is 0 Å². The summed E-state index contributed by atoms with van der Waals surface area (Å²) >= 11 is 0. The second-order valence-electron chi connectivity index (χ2n) is 3.47. The van der Waals surface area contributed by atoms with E-state index in [2.05, 4.69) is 15.5 Å². The first-order valence-corrected chi connectivity index (χ1v) is 4.60. The number of anilines is 1. The van der Waals surface area contributed by atoms with Crippen LogP contribution in [-0.2, 0) is 11.2 Å². The third-order valence-electron chi connectivity index (χ3n) is 2.37. The van der Waals surface area contributed by atoms with Gasteiger partial charge in [-0.3, -0.25) is 4.79 Å². The molecular weight excluding hydrogens is 180 g/mol. The molecule has 2 heterocycles. The molecular formula is C9H12N4O. The van der Waals surface area contributed by atoms with E-state index in [4.69, 9.17) is 5.73 Å². The van der Waals surface area contributed by atoms with Gasteiger partial charge in [0.05, 0.1) is 6.20 Å². The smallest absolute Gasteiger partial charge is 0.223 e. The molecule has 0 spiro atoms. The highest BCUT2D eigenvalue weighted by Gasteiger charge is 2.24. The molecule has 1 aromatic rings. The summed E-state index contributed by atoms with van der Waals surface area (Å²) in [5.74, 6) is 0.597. The van der Waals surface area contributed by atoms with Gasteiger partial charge in [0.15, 0.2) is 0 Å². The van der Waals surface area contributed by atoms with Crippen LogP contribution >= 0.6 is 0 Å². The van der Waals surface area contributed by atoms with E-state index in [1.807, 2.05) is 0 Å². The number of carbonyl (C=O) groups excluding carboxylic acids is 1. The number of aromatic nitrogens is 2. The molecule has 1 atom stereocenters. The fourth-order valence-corrected chi connectivity index (χ4v) is 1.66. The molecule has 14 heavy (non-hydrogen) atoms. The predicted molar refractivity (Wildman–Crippen MR) is 51.3 cm³/mol. The van der Waals surface area contributed by atoms with Gasteiger partial charge in [-0.1, -0.05) is 0 Å². The molecule has 1 fully saturated rings. The van der Waals surface area contributed by atoms with Crippen molar-refractivity contribution in [1.29, 1.82) is 0 Å². The minimum atomic E-state index is 0.0681. The van der Waals surface area contributed by atoms with E-state index in [0.717, 1.165) is 18.5 Å². The monoisotopic (exact) mass is 192 g/mol. The summed E-state index contributed by atoms with van der Waals surface area (Å²) in [5, 5.41) is 10.2. The van der Waals surface area contributed by atoms with Gasteiger partial charge in [0.2, 0.25) is 5.91 Å². The number of amides is 1. The number of nitrogens with two attached hydrogens (primary N) is 1. The van der Waals surface area contributed by atoms with Crippen LogP contribution in [0, 0.1) is 5.92 Å². The minimum absolute atomic E-state index is 0.0681. The molecule has 1 unspecified atom stereocenters. The van der Waals surface area contributed by atoms with Crippen molar-refractivity contribution in [2.75, 3.05) is 12.3 Å². The van der Waals surface area contributed by atoms with Crippen molar-refractivity contribution in [3.63, 3.8) is 0 Å².